The summed E-state index contributed by atoms with van der Waals surface area (Å²) in [5.74, 6) is 0.0157. The number of fused-ring (bicyclic) bond motifs is 1. The third-order valence-electron chi connectivity index (χ3n) is 5.57. The van der Waals surface area contributed by atoms with Crippen LogP contribution in [-0.4, -0.2) is 41.2 Å². The van der Waals surface area contributed by atoms with Gasteiger partial charge in [0.15, 0.2) is 0 Å². The fraction of sp³-hybridized carbons (Fsp3) is 0.478. The van der Waals surface area contributed by atoms with E-state index in [1.807, 2.05) is 17.0 Å². The molecular formula is C23H30N2O2S. The van der Waals surface area contributed by atoms with Gasteiger partial charge in [-0.25, -0.2) is 0 Å². The Hall–Kier alpha value is -2.14. The highest BCUT2D eigenvalue weighted by molar-refractivity contribution is 7.10. The molecule has 4 nitrogen and oxygen atoms in total. The highest BCUT2D eigenvalue weighted by atomic mass is 32.1. The van der Waals surface area contributed by atoms with E-state index in [1.54, 1.807) is 23.2 Å². The number of aryl methyl sites for hydroxylation is 1. The lowest BCUT2D eigenvalue weighted by Crippen LogP contribution is -2.46. The Labute approximate surface area is 172 Å². The molecule has 150 valence electrons. The maximum absolute atomic E-state index is 13.3. The number of carbonyl (C=O) groups excluding carboxylic acids is 2. The van der Waals surface area contributed by atoms with Gasteiger partial charge >= 0.3 is 0 Å². The van der Waals surface area contributed by atoms with Gasteiger partial charge in [0.2, 0.25) is 11.8 Å². The van der Waals surface area contributed by atoms with Crippen molar-refractivity contribution in [3.8, 4) is 0 Å². The molecule has 5 heteroatoms. The molecule has 0 radical (unpaired) electrons. The average molecular weight is 399 g/mol. The molecule has 2 aromatic rings. The van der Waals surface area contributed by atoms with E-state index in [4.69, 9.17) is 0 Å². The van der Waals surface area contributed by atoms with Crippen LogP contribution >= 0.6 is 11.3 Å². The van der Waals surface area contributed by atoms with Gasteiger partial charge in [-0.1, -0.05) is 44.0 Å². The molecule has 0 N–H and O–H groups in total. The molecule has 2 amide bonds. The summed E-state index contributed by atoms with van der Waals surface area (Å²) in [5, 5.41) is 2.12. The second-order valence-corrected chi connectivity index (χ2v) is 8.54. The molecule has 1 atom stereocenters. The Morgan fingerprint density at radius 2 is 1.96 bits per heavy atom. The van der Waals surface area contributed by atoms with E-state index in [1.165, 1.54) is 21.6 Å². The molecule has 0 spiro atoms. The van der Waals surface area contributed by atoms with Crippen LogP contribution in [0.5, 0.6) is 0 Å². The Morgan fingerprint density at radius 1 is 1.18 bits per heavy atom. The standard InChI is InChI=1S/C23H30N2O2S/c1-4-5-8-13-24(18(3)26)16-22(27)25-14-11-21-20(12-15-28-21)23(25)19-10-7-6-9-17(19)2/h6-7,9-10,12,15,23H,4-5,8,11,13-14,16H2,1-3H3/t23-/m1/s1. The molecule has 1 aromatic carbocycles. The van der Waals surface area contributed by atoms with Gasteiger partial charge in [0, 0.05) is 24.9 Å². The summed E-state index contributed by atoms with van der Waals surface area (Å²) < 4.78 is 0. The predicted octanol–water partition coefficient (Wildman–Crippen LogP) is 4.57. The molecule has 28 heavy (non-hydrogen) atoms. The molecule has 2 heterocycles. The molecule has 0 saturated carbocycles. The number of hydrogen-bond acceptors (Lipinski definition) is 3. The number of hydrogen-bond donors (Lipinski definition) is 0. The van der Waals surface area contributed by atoms with Gasteiger partial charge in [-0.05, 0) is 47.9 Å². The largest absolute Gasteiger partial charge is 0.334 e. The Bertz CT molecular complexity index is 830. The SMILES string of the molecule is CCCCCN(CC(=O)N1CCc2sccc2[C@H]1c1ccccc1C)C(C)=O. The van der Waals surface area contributed by atoms with Gasteiger partial charge in [0.25, 0.3) is 0 Å². The van der Waals surface area contributed by atoms with Crippen LogP contribution in [0.4, 0.5) is 0 Å². The van der Waals surface area contributed by atoms with Crippen LogP contribution in [0.3, 0.4) is 0 Å². The smallest absolute Gasteiger partial charge is 0.242 e. The highest BCUT2D eigenvalue weighted by Gasteiger charge is 2.34. The Balaban J connectivity index is 1.85. The molecule has 1 aromatic heterocycles. The molecular weight excluding hydrogens is 368 g/mol. The Kier molecular flexibility index (Phi) is 6.89. The molecule has 1 aliphatic heterocycles. The summed E-state index contributed by atoms with van der Waals surface area (Å²) in [6.45, 7) is 7.33. The molecule has 0 saturated heterocycles. The lowest BCUT2D eigenvalue weighted by molar-refractivity contribution is -0.140. The third kappa shape index (κ3) is 4.46. The quantitative estimate of drug-likeness (QED) is 0.641. The Morgan fingerprint density at radius 3 is 2.68 bits per heavy atom. The summed E-state index contributed by atoms with van der Waals surface area (Å²) in [4.78, 5) is 30.4. The van der Waals surface area contributed by atoms with Crippen molar-refractivity contribution in [2.75, 3.05) is 19.6 Å². The van der Waals surface area contributed by atoms with Gasteiger partial charge in [-0.3, -0.25) is 9.59 Å². The number of thiophene rings is 1. The van der Waals surface area contributed by atoms with Crippen LogP contribution in [-0.2, 0) is 16.0 Å². The number of benzene rings is 1. The zero-order chi connectivity index (χ0) is 20.1. The second kappa shape index (κ2) is 9.37. The van der Waals surface area contributed by atoms with Gasteiger partial charge in [0.1, 0.15) is 0 Å². The normalized spacial score (nSPS) is 16.0. The molecule has 3 rings (SSSR count). The van der Waals surface area contributed by atoms with Crippen LogP contribution in [0.25, 0.3) is 0 Å². The summed E-state index contributed by atoms with van der Waals surface area (Å²) in [7, 11) is 0. The number of nitrogens with zero attached hydrogens (tertiary/aromatic N) is 2. The number of rotatable bonds is 7. The second-order valence-electron chi connectivity index (χ2n) is 7.54. The number of unbranched alkanes of at least 4 members (excludes halogenated alkanes) is 2. The van der Waals surface area contributed by atoms with Crippen molar-refractivity contribution in [3.63, 3.8) is 0 Å². The first-order chi connectivity index (χ1) is 13.5. The summed E-state index contributed by atoms with van der Waals surface area (Å²) in [5.41, 5.74) is 3.60. The fourth-order valence-electron chi connectivity index (χ4n) is 3.97. The van der Waals surface area contributed by atoms with Crippen LogP contribution < -0.4 is 0 Å². The van der Waals surface area contributed by atoms with Gasteiger partial charge in [-0.15, -0.1) is 11.3 Å². The molecule has 0 unspecified atom stereocenters. The van der Waals surface area contributed by atoms with E-state index in [0.29, 0.717) is 13.1 Å². The van der Waals surface area contributed by atoms with E-state index >= 15 is 0 Å². The van der Waals surface area contributed by atoms with Crippen molar-refractivity contribution < 1.29 is 9.59 Å². The maximum Gasteiger partial charge on any atom is 0.242 e. The summed E-state index contributed by atoms with van der Waals surface area (Å²) in [6, 6.07) is 10.4. The lowest BCUT2D eigenvalue weighted by Gasteiger charge is -2.38. The van der Waals surface area contributed by atoms with E-state index < -0.39 is 0 Å². The van der Waals surface area contributed by atoms with Crippen molar-refractivity contribution in [1.29, 1.82) is 0 Å². The monoisotopic (exact) mass is 398 g/mol. The van der Waals surface area contributed by atoms with Crippen LogP contribution in [0.2, 0.25) is 0 Å². The first-order valence-corrected chi connectivity index (χ1v) is 11.1. The minimum absolute atomic E-state index is 0.0230. The van der Waals surface area contributed by atoms with E-state index in [-0.39, 0.29) is 24.4 Å². The zero-order valence-electron chi connectivity index (χ0n) is 17.1. The van der Waals surface area contributed by atoms with Crippen molar-refractivity contribution >= 4 is 23.2 Å². The average Bonchev–Trinajstić information content (AvgIpc) is 3.15. The number of carbonyl (C=O) groups is 2. The van der Waals surface area contributed by atoms with Gasteiger partial charge in [0.05, 0.1) is 12.6 Å². The van der Waals surface area contributed by atoms with Crippen LogP contribution in [0, 0.1) is 6.92 Å². The third-order valence-corrected chi connectivity index (χ3v) is 6.57. The maximum atomic E-state index is 13.3. The van der Waals surface area contributed by atoms with Gasteiger partial charge in [-0.2, -0.15) is 0 Å². The summed E-state index contributed by atoms with van der Waals surface area (Å²) in [6.07, 6.45) is 4.00. The van der Waals surface area contributed by atoms with E-state index in [2.05, 4.69) is 37.4 Å². The molecule has 1 aliphatic rings. The van der Waals surface area contributed by atoms with Crippen molar-refractivity contribution in [2.24, 2.45) is 0 Å². The predicted molar refractivity (Wildman–Crippen MR) is 115 cm³/mol. The van der Waals surface area contributed by atoms with Gasteiger partial charge < -0.3 is 9.80 Å². The summed E-state index contributed by atoms with van der Waals surface area (Å²) >= 11 is 1.77. The van der Waals surface area contributed by atoms with E-state index in [9.17, 15) is 9.59 Å². The molecule has 0 fully saturated rings. The zero-order valence-corrected chi connectivity index (χ0v) is 17.9. The van der Waals surface area contributed by atoms with Crippen LogP contribution in [0.1, 0.15) is 60.7 Å². The van der Waals surface area contributed by atoms with Crippen molar-refractivity contribution in [1.82, 2.24) is 9.80 Å². The molecule has 0 aliphatic carbocycles. The topological polar surface area (TPSA) is 40.6 Å². The van der Waals surface area contributed by atoms with Crippen LogP contribution in [0.15, 0.2) is 35.7 Å². The fourth-order valence-corrected chi connectivity index (χ4v) is 4.87. The first-order valence-electron chi connectivity index (χ1n) is 10.2. The minimum atomic E-state index is -0.0619. The number of amides is 2. The molecule has 0 bridgehead atoms. The lowest BCUT2D eigenvalue weighted by atomic mass is 9.90. The minimum Gasteiger partial charge on any atom is -0.334 e. The van der Waals surface area contributed by atoms with Crippen molar-refractivity contribution in [2.45, 2.75) is 52.5 Å². The highest BCUT2D eigenvalue weighted by Crippen LogP contribution is 2.38. The first kappa shape index (κ1) is 20.6. The van der Waals surface area contributed by atoms with Crippen molar-refractivity contribution in [3.05, 3.63) is 57.3 Å². The van der Waals surface area contributed by atoms with E-state index in [0.717, 1.165) is 25.7 Å².